The highest BCUT2D eigenvalue weighted by Crippen LogP contribution is 2.15. The first-order valence-corrected chi connectivity index (χ1v) is 9.94. The zero-order chi connectivity index (χ0) is 20.8. The van der Waals surface area contributed by atoms with Crippen molar-refractivity contribution < 1.29 is 4.79 Å². The van der Waals surface area contributed by atoms with Gasteiger partial charge < -0.3 is 0 Å². The molecule has 0 aliphatic heterocycles. The van der Waals surface area contributed by atoms with Crippen LogP contribution in [0.25, 0.3) is 10.8 Å². The minimum absolute atomic E-state index is 0.181. The van der Waals surface area contributed by atoms with Crippen LogP contribution in [-0.4, -0.2) is 21.9 Å². The first kappa shape index (κ1) is 20.5. The smallest absolute Gasteiger partial charge is 0.267 e. The summed E-state index contributed by atoms with van der Waals surface area (Å²) < 4.78 is 1.37. The van der Waals surface area contributed by atoms with E-state index in [4.69, 9.17) is 0 Å². The van der Waals surface area contributed by atoms with Gasteiger partial charge in [-0.15, -0.1) is 0 Å². The SMILES string of the molecule is CCCCn1nc(C(=O)N/N=C\c2ccc(C(C)C)cc2)c2ccccc2c1=O. The largest absolute Gasteiger partial charge is 0.292 e. The standard InChI is InChI=1S/C23H26N4O2/c1-4-5-14-27-23(29)20-9-7-6-8-19(20)21(26-27)22(28)25-24-15-17-10-12-18(13-11-17)16(2)3/h6-13,15-16H,4-5,14H2,1-3H3,(H,25,28)/b24-15-. The molecule has 0 unspecified atom stereocenters. The van der Waals surface area contributed by atoms with Crippen molar-refractivity contribution in [1.29, 1.82) is 0 Å². The van der Waals surface area contributed by atoms with Crippen molar-refractivity contribution in [2.24, 2.45) is 5.10 Å². The van der Waals surface area contributed by atoms with Crippen molar-refractivity contribution in [1.82, 2.24) is 15.2 Å². The molecule has 0 saturated heterocycles. The monoisotopic (exact) mass is 390 g/mol. The molecule has 0 atom stereocenters. The number of benzene rings is 2. The summed E-state index contributed by atoms with van der Waals surface area (Å²) in [6, 6.07) is 15.0. The van der Waals surface area contributed by atoms with Crippen LogP contribution >= 0.6 is 0 Å². The predicted octanol–water partition coefficient (Wildman–Crippen LogP) is 4.08. The Hall–Kier alpha value is -3.28. The van der Waals surface area contributed by atoms with E-state index in [-0.39, 0.29) is 11.3 Å². The highest BCUT2D eigenvalue weighted by molar-refractivity contribution is 6.04. The number of aromatic nitrogens is 2. The van der Waals surface area contributed by atoms with E-state index in [1.807, 2.05) is 31.2 Å². The Morgan fingerprint density at radius 3 is 2.48 bits per heavy atom. The summed E-state index contributed by atoms with van der Waals surface area (Å²) in [5.74, 6) is 0.0185. The first-order chi connectivity index (χ1) is 14.0. The van der Waals surface area contributed by atoms with Crippen LogP contribution in [0.3, 0.4) is 0 Å². The second-order valence-electron chi connectivity index (χ2n) is 7.30. The number of amides is 1. The lowest BCUT2D eigenvalue weighted by Gasteiger charge is -2.09. The van der Waals surface area contributed by atoms with Crippen molar-refractivity contribution in [2.45, 2.75) is 46.1 Å². The minimum Gasteiger partial charge on any atom is -0.267 e. The number of hydrogen-bond acceptors (Lipinski definition) is 4. The summed E-state index contributed by atoms with van der Waals surface area (Å²) in [4.78, 5) is 25.3. The molecule has 1 amide bonds. The zero-order valence-electron chi connectivity index (χ0n) is 17.1. The Kier molecular flexibility index (Phi) is 6.54. The Morgan fingerprint density at radius 2 is 1.83 bits per heavy atom. The number of hydrazone groups is 1. The van der Waals surface area contributed by atoms with Gasteiger partial charge in [-0.1, -0.05) is 69.7 Å². The van der Waals surface area contributed by atoms with Crippen molar-refractivity contribution in [3.05, 3.63) is 75.7 Å². The topological polar surface area (TPSA) is 76.3 Å². The van der Waals surface area contributed by atoms with Crippen LogP contribution in [0.4, 0.5) is 0 Å². The summed E-state index contributed by atoms with van der Waals surface area (Å²) in [6.45, 7) is 6.80. The summed E-state index contributed by atoms with van der Waals surface area (Å²) in [6.07, 6.45) is 3.34. The van der Waals surface area contributed by atoms with Gasteiger partial charge >= 0.3 is 0 Å². The molecule has 6 nitrogen and oxygen atoms in total. The fraction of sp³-hybridized carbons (Fsp3) is 0.304. The van der Waals surface area contributed by atoms with Gasteiger partial charge in [-0.2, -0.15) is 10.2 Å². The zero-order valence-corrected chi connectivity index (χ0v) is 17.1. The third kappa shape index (κ3) is 4.77. The molecular weight excluding hydrogens is 364 g/mol. The van der Waals surface area contributed by atoms with E-state index in [1.165, 1.54) is 10.2 Å². The number of unbranched alkanes of at least 4 members (excludes halogenated alkanes) is 1. The molecule has 0 saturated carbocycles. The number of nitrogens with zero attached hydrogens (tertiary/aromatic N) is 3. The number of aryl methyl sites for hydroxylation is 1. The number of nitrogens with one attached hydrogen (secondary N) is 1. The van der Waals surface area contributed by atoms with Crippen LogP contribution in [0, 0.1) is 0 Å². The average Bonchev–Trinajstić information content (AvgIpc) is 2.73. The molecule has 2 aromatic carbocycles. The minimum atomic E-state index is -0.443. The molecule has 3 aromatic rings. The van der Waals surface area contributed by atoms with Gasteiger partial charge in [0.05, 0.1) is 11.6 Å². The van der Waals surface area contributed by atoms with Gasteiger partial charge in [0.25, 0.3) is 11.5 Å². The number of rotatable bonds is 7. The third-order valence-corrected chi connectivity index (χ3v) is 4.79. The van der Waals surface area contributed by atoms with Crippen LogP contribution in [0.15, 0.2) is 58.4 Å². The second-order valence-corrected chi connectivity index (χ2v) is 7.30. The van der Waals surface area contributed by atoms with E-state index in [2.05, 4.69) is 29.5 Å². The number of fused-ring (bicyclic) bond motifs is 1. The third-order valence-electron chi connectivity index (χ3n) is 4.79. The Morgan fingerprint density at radius 1 is 1.14 bits per heavy atom. The van der Waals surface area contributed by atoms with Gasteiger partial charge in [0.1, 0.15) is 0 Å². The highest BCUT2D eigenvalue weighted by Gasteiger charge is 2.16. The molecule has 0 bridgehead atoms. The van der Waals surface area contributed by atoms with Crippen LogP contribution in [-0.2, 0) is 6.54 Å². The van der Waals surface area contributed by atoms with Gasteiger partial charge in [0, 0.05) is 11.9 Å². The molecule has 0 aliphatic rings. The van der Waals surface area contributed by atoms with E-state index in [9.17, 15) is 9.59 Å². The lowest BCUT2D eigenvalue weighted by molar-refractivity contribution is 0.0949. The highest BCUT2D eigenvalue weighted by atomic mass is 16.2. The Labute approximate surface area is 170 Å². The summed E-state index contributed by atoms with van der Waals surface area (Å²) in [5.41, 5.74) is 4.68. The summed E-state index contributed by atoms with van der Waals surface area (Å²) >= 11 is 0. The van der Waals surface area contributed by atoms with E-state index in [1.54, 1.807) is 30.5 Å². The van der Waals surface area contributed by atoms with Crippen LogP contribution in [0.2, 0.25) is 0 Å². The lowest BCUT2D eigenvalue weighted by atomic mass is 10.0. The fourth-order valence-corrected chi connectivity index (χ4v) is 3.05. The number of carbonyl (C=O) groups excluding carboxylic acids is 1. The molecule has 1 aromatic heterocycles. The first-order valence-electron chi connectivity index (χ1n) is 9.94. The summed E-state index contributed by atoms with van der Waals surface area (Å²) in [5, 5.41) is 9.38. The number of hydrogen-bond donors (Lipinski definition) is 1. The maximum absolute atomic E-state index is 12.7. The van der Waals surface area contributed by atoms with Gasteiger partial charge in [-0.3, -0.25) is 9.59 Å². The molecule has 29 heavy (non-hydrogen) atoms. The van der Waals surface area contributed by atoms with E-state index >= 15 is 0 Å². The van der Waals surface area contributed by atoms with E-state index in [0.29, 0.717) is 23.2 Å². The van der Waals surface area contributed by atoms with E-state index < -0.39 is 5.91 Å². The maximum atomic E-state index is 12.7. The molecule has 150 valence electrons. The van der Waals surface area contributed by atoms with Crippen molar-refractivity contribution in [3.63, 3.8) is 0 Å². The molecule has 1 heterocycles. The molecule has 0 aliphatic carbocycles. The number of carbonyl (C=O) groups is 1. The van der Waals surface area contributed by atoms with Gasteiger partial charge in [0.2, 0.25) is 0 Å². The van der Waals surface area contributed by atoms with Crippen molar-refractivity contribution in [3.8, 4) is 0 Å². The molecular formula is C23H26N4O2. The average molecular weight is 390 g/mol. The van der Waals surface area contributed by atoms with Crippen LogP contribution in [0.5, 0.6) is 0 Å². The molecule has 0 spiro atoms. The predicted molar refractivity (Wildman–Crippen MR) is 117 cm³/mol. The molecule has 0 radical (unpaired) electrons. The molecule has 1 N–H and O–H groups in total. The van der Waals surface area contributed by atoms with E-state index in [0.717, 1.165) is 18.4 Å². The lowest BCUT2D eigenvalue weighted by Crippen LogP contribution is -2.29. The molecule has 6 heteroatoms. The van der Waals surface area contributed by atoms with Gasteiger partial charge in [-0.05, 0) is 29.5 Å². The van der Waals surface area contributed by atoms with Crippen molar-refractivity contribution in [2.75, 3.05) is 0 Å². The fourth-order valence-electron chi connectivity index (χ4n) is 3.05. The maximum Gasteiger partial charge on any atom is 0.292 e. The van der Waals surface area contributed by atoms with Gasteiger partial charge in [-0.25, -0.2) is 10.1 Å². The normalized spacial score (nSPS) is 11.4. The Balaban J connectivity index is 1.84. The Bertz CT molecular complexity index is 1080. The van der Waals surface area contributed by atoms with Crippen molar-refractivity contribution >= 4 is 22.9 Å². The van der Waals surface area contributed by atoms with Crippen LogP contribution in [0.1, 0.15) is 61.1 Å². The molecule has 3 rings (SSSR count). The quantitative estimate of drug-likeness (QED) is 0.488. The molecule has 0 fully saturated rings. The van der Waals surface area contributed by atoms with Crippen LogP contribution < -0.4 is 11.0 Å². The second kappa shape index (κ2) is 9.28. The summed E-state index contributed by atoms with van der Waals surface area (Å²) in [7, 11) is 0. The van der Waals surface area contributed by atoms with Gasteiger partial charge in [0.15, 0.2) is 5.69 Å².